The second-order valence-electron chi connectivity index (χ2n) is 7.82. The summed E-state index contributed by atoms with van der Waals surface area (Å²) in [4.78, 5) is 19.3. The average molecular weight is 365 g/mol. The smallest absolute Gasteiger partial charge is 0.258 e. The van der Waals surface area contributed by atoms with E-state index in [1.165, 1.54) is 0 Å². The largest absolute Gasteiger partial charge is 0.391 e. The van der Waals surface area contributed by atoms with Crippen molar-refractivity contribution in [3.05, 3.63) is 65.0 Å². The van der Waals surface area contributed by atoms with Crippen LogP contribution in [0.5, 0.6) is 0 Å². The van der Waals surface area contributed by atoms with Crippen LogP contribution in [0.2, 0.25) is 0 Å². The maximum atomic E-state index is 12.3. The molecule has 1 N–H and O–H groups in total. The Morgan fingerprint density at radius 1 is 1.11 bits per heavy atom. The molecule has 3 aromatic heterocycles. The van der Waals surface area contributed by atoms with Crippen LogP contribution in [0.3, 0.4) is 0 Å². The van der Waals surface area contributed by atoms with Gasteiger partial charge in [0.25, 0.3) is 5.56 Å². The van der Waals surface area contributed by atoms with Crippen LogP contribution in [0, 0.1) is 11.8 Å². The highest BCUT2D eigenvalue weighted by molar-refractivity contribution is 5.38. The molecule has 1 saturated heterocycles. The monoisotopic (exact) mass is 365 g/mol. The molecule has 4 heterocycles. The molecule has 5 rings (SSSR count). The molecule has 0 radical (unpaired) electrons. The van der Waals surface area contributed by atoms with Gasteiger partial charge in [-0.15, -0.1) is 0 Å². The van der Waals surface area contributed by atoms with Gasteiger partial charge >= 0.3 is 0 Å². The molecular weight excluding hydrogens is 342 g/mol. The van der Waals surface area contributed by atoms with Crippen LogP contribution in [-0.2, 0) is 6.54 Å². The molecule has 0 unspecified atom stereocenters. The van der Waals surface area contributed by atoms with Crippen molar-refractivity contribution in [1.82, 2.24) is 24.1 Å². The van der Waals surface area contributed by atoms with Crippen molar-refractivity contribution >= 4 is 5.65 Å². The third-order valence-corrected chi connectivity index (χ3v) is 6.06. The fourth-order valence-electron chi connectivity index (χ4n) is 4.81. The normalized spacial score (nSPS) is 28.5. The quantitative estimate of drug-likeness (QED) is 0.758. The van der Waals surface area contributed by atoms with E-state index < -0.39 is 0 Å². The van der Waals surface area contributed by atoms with E-state index in [2.05, 4.69) is 15.0 Å². The van der Waals surface area contributed by atoms with Gasteiger partial charge in [0.2, 0.25) is 0 Å². The first-order valence-electron chi connectivity index (χ1n) is 9.54. The third kappa shape index (κ3) is 3.07. The average Bonchev–Trinajstić information content (AvgIpc) is 3.30. The standard InChI is InChI=1S/C20H23N5O2/c26-18-9-15-12-23(11-14(15)8-17(18)25-7-3-5-21-25)13-16-10-20(27)24-6-2-1-4-19(24)22-16/h1-7,10,14-15,17-18,26H,8-9,11-13H2/t14-,15+,17-,18-/m1/s1. The maximum Gasteiger partial charge on any atom is 0.258 e. The molecule has 7 nitrogen and oxygen atoms in total. The third-order valence-electron chi connectivity index (χ3n) is 6.06. The minimum atomic E-state index is -0.352. The van der Waals surface area contributed by atoms with Gasteiger partial charge < -0.3 is 5.11 Å². The van der Waals surface area contributed by atoms with E-state index in [0.29, 0.717) is 24.0 Å². The van der Waals surface area contributed by atoms with Crippen molar-refractivity contribution in [3.63, 3.8) is 0 Å². The summed E-state index contributed by atoms with van der Waals surface area (Å²) in [6.45, 7) is 2.60. The molecular formula is C20H23N5O2. The van der Waals surface area contributed by atoms with E-state index in [0.717, 1.165) is 31.6 Å². The van der Waals surface area contributed by atoms with Gasteiger partial charge in [0.15, 0.2) is 0 Å². The van der Waals surface area contributed by atoms with Crippen molar-refractivity contribution in [3.8, 4) is 0 Å². The lowest BCUT2D eigenvalue weighted by Gasteiger charge is -2.35. The Bertz CT molecular complexity index is 999. The van der Waals surface area contributed by atoms with Gasteiger partial charge in [0.1, 0.15) is 5.65 Å². The summed E-state index contributed by atoms with van der Waals surface area (Å²) in [5.41, 5.74) is 1.46. The Morgan fingerprint density at radius 3 is 2.78 bits per heavy atom. The van der Waals surface area contributed by atoms with E-state index in [9.17, 15) is 9.90 Å². The number of hydrogen-bond acceptors (Lipinski definition) is 5. The number of hydrogen-bond donors (Lipinski definition) is 1. The zero-order valence-electron chi connectivity index (χ0n) is 15.1. The van der Waals surface area contributed by atoms with E-state index >= 15 is 0 Å². The Hall–Kier alpha value is -2.51. The SMILES string of the molecule is O=c1cc(CN2C[C@H]3C[C@@H](n4cccn4)[C@H](O)C[C@H]3C2)nc2ccccn12. The van der Waals surface area contributed by atoms with Crippen LogP contribution in [0.25, 0.3) is 5.65 Å². The molecule has 0 bridgehead atoms. The highest BCUT2D eigenvalue weighted by Crippen LogP contribution is 2.41. The van der Waals surface area contributed by atoms with Gasteiger partial charge in [-0.25, -0.2) is 4.98 Å². The highest BCUT2D eigenvalue weighted by atomic mass is 16.3. The summed E-state index contributed by atoms with van der Waals surface area (Å²) in [7, 11) is 0. The van der Waals surface area contributed by atoms with Crippen LogP contribution in [0.4, 0.5) is 0 Å². The number of fused-ring (bicyclic) bond motifs is 2. The summed E-state index contributed by atoms with van der Waals surface area (Å²) < 4.78 is 3.47. The number of aliphatic hydroxyl groups is 1. The highest BCUT2D eigenvalue weighted by Gasteiger charge is 2.42. The molecule has 1 aliphatic carbocycles. The Kier molecular flexibility index (Phi) is 4.06. The van der Waals surface area contributed by atoms with Gasteiger partial charge in [-0.05, 0) is 42.9 Å². The van der Waals surface area contributed by atoms with Gasteiger partial charge in [0.05, 0.1) is 17.8 Å². The number of nitrogens with zero attached hydrogens (tertiary/aromatic N) is 5. The van der Waals surface area contributed by atoms with Crippen molar-refractivity contribution in [2.24, 2.45) is 11.8 Å². The van der Waals surface area contributed by atoms with Gasteiger partial charge in [-0.2, -0.15) is 5.10 Å². The van der Waals surface area contributed by atoms with Crippen LogP contribution in [-0.4, -0.2) is 48.4 Å². The number of pyridine rings is 1. The van der Waals surface area contributed by atoms with E-state index in [-0.39, 0.29) is 17.7 Å². The molecule has 2 fully saturated rings. The summed E-state index contributed by atoms with van der Waals surface area (Å²) >= 11 is 0. The van der Waals surface area contributed by atoms with Crippen LogP contribution >= 0.6 is 0 Å². The van der Waals surface area contributed by atoms with Gasteiger partial charge in [-0.1, -0.05) is 6.07 Å². The molecule has 0 amide bonds. The van der Waals surface area contributed by atoms with Gasteiger partial charge in [0, 0.05) is 44.3 Å². The molecule has 1 aliphatic heterocycles. The summed E-state index contributed by atoms with van der Waals surface area (Å²) in [6, 6.07) is 9.19. The van der Waals surface area contributed by atoms with Crippen molar-refractivity contribution in [2.45, 2.75) is 31.5 Å². The topological polar surface area (TPSA) is 75.7 Å². The molecule has 2 aliphatic rings. The number of likely N-dealkylation sites (tertiary alicyclic amines) is 1. The van der Waals surface area contributed by atoms with Gasteiger partial charge in [-0.3, -0.25) is 18.8 Å². The van der Waals surface area contributed by atoms with Crippen LogP contribution in [0.1, 0.15) is 24.6 Å². The van der Waals surface area contributed by atoms with E-state index in [4.69, 9.17) is 0 Å². The molecule has 27 heavy (non-hydrogen) atoms. The zero-order chi connectivity index (χ0) is 18.4. The molecule has 4 atom stereocenters. The lowest BCUT2D eigenvalue weighted by Crippen LogP contribution is -2.36. The van der Waals surface area contributed by atoms with E-state index in [1.54, 1.807) is 22.9 Å². The lowest BCUT2D eigenvalue weighted by molar-refractivity contribution is 0.0306. The van der Waals surface area contributed by atoms with Crippen molar-refractivity contribution < 1.29 is 5.11 Å². The molecule has 1 saturated carbocycles. The minimum Gasteiger partial charge on any atom is -0.391 e. The molecule has 140 valence electrons. The summed E-state index contributed by atoms with van der Waals surface area (Å²) in [6.07, 6.45) is 6.85. The predicted molar refractivity (Wildman–Crippen MR) is 100 cm³/mol. The summed E-state index contributed by atoms with van der Waals surface area (Å²) in [5.74, 6) is 1.04. The van der Waals surface area contributed by atoms with Crippen molar-refractivity contribution in [1.29, 1.82) is 0 Å². The Balaban J connectivity index is 1.32. The fraction of sp³-hybridized carbons (Fsp3) is 0.450. The lowest BCUT2D eigenvalue weighted by atomic mass is 9.77. The molecule has 3 aromatic rings. The minimum absolute atomic E-state index is 0.0404. The fourth-order valence-corrected chi connectivity index (χ4v) is 4.81. The Labute approximate surface area is 156 Å². The Morgan fingerprint density at radius 2 is 1.96 bits per heavy atom. The molecule has 7 heteroatoms. The van der Waals surface area contributed by atoms with Crippen molar-refractivity contribution in [2.75, 3.05) is 13.1 Å². The summed E-state index contributed by atoms with van der Waals surface area (Å²) in [5, 5.41) is 14.9. The van der Waals surface area contributed by atoms with Crippen LogP contribution < -0.4 is 5.56 Å². The van der Waals surface area contributed by atoms with E-state index in [1.807, 2.05) is 35.1 Å². The number of rotatable bonds is 3. The first kappa shape index (κ1) is 16.6. The predicted octanol–water partition coefficient (Wildman–Crippen LogP) is 1.33. The first-order valence-corrected chi connectivity index (χ1v) is 9.54. The number of aromatic nitrogens is 4. The maximum absolute atomic E-state index is 12.3. The first-order chi connectivity index (χ1) is 13.2. The molecule has 0 aromatic carbocycles. The van der Waals surface area contributed by atoms with Crippen LogP contribution in [0.15, 0.2) is 53.7 Å². The zero-order valence-corrected chi connectivity index (χ0v) is 15.1. The second-order valence-corrected chi connectivity index (χ2v) is 7.82. The number of aliphatic hydroxyl groups excluding tert-OH is 1. The molecule has 0 spiro atoms. The second kappa shape index (κ2) is 6.58.